The van der Waals surface area contributed by atoms with Crippen LogP contribution in [0.4, 0.5) is 11.5 Å². The van der Waals surface area contributed by atoms with E-state index in [9.17, 15) is 4.79 Å². The summed E-state index contributed by atoms with van der Waals surface area (Å²) >= 11 is 0. The number of carbonyl (C=O) groups excluding carboxylic acids is 1. The summed E-state index contributed by atoms with van der Waals surface area (Å²) < 4.78 is 5.16. The average Bonchev–Trinajstić information content (AvgIpc) is 2.83. The van der Waals surface area contributed by atoms with Gasteiger partial charge in [0.1, 0.15) is 17.9 Å². The summed E-state index contributed by atoms with van der Waals surface area (Å²) in [5.74, 6) is 1.30. The van der Waals surface area contributed by atoms with Crippen LogP contribution in [0.15, 0.2) is 85.2 Å². The molecule has 6 nitrogen and oxygen atoms in total. The van der Waals surface area contributed by atoms with Crippen LogP contribution in [0.3, 0.4) is 0 Å². The molecule has 1 amide bonds. The Balaban J connectivity index is 1.43. The predicted molar refractivity (Wildman–Crippen MR) is 126 cm³/mol. The largest absolute Gasteiger partial charge is 0.497 e. The Morgan fingerprint density at radius 2 is 1.72 bits per heavy atom. The molecular formula is C26H24N4O2. The molecule has 0 aliphatic rings. The molecule has 0 unspecified atom stereocenters. The Morgan fingerprint density at radius 3 is 2.47 bits per heavy atom. The molecule has 0 saturated carbocycles. The second-order valence-corrected chi connectivity index (χ2v) is 7.39. The van der Waals surface area contributed by atoms with E-state index in [4.69, 9.17) is 4.74 Å². The van der Waals surface area contributed by atoms with Crippen LogP contribution in [0.2, 0.25) is 0 Å². The molecule has 2 N–H and O–H groups in total. The smallest absolute Gasteiger partial charge is 0.251 e. The summed E-state index contributed by atoms with van der Waals surface area (Å²) in [5.41, 5.74) is 5.39. The summed E-state index contributed by atoms with van der Waals surface area (Å²) in [7, 11) is 1.63. The molecule has 1 aromatic heterocycles. The van der Waals surface area contributed by atoms with Crippen LogP contribution >= 0.6 is 0 Å². The second kappa shape index (κ2) is 9.75. The summed E-state index contributed by atoms with van der Waals surface area (Å²) in [6, 6.07) is 25.0. The fourth-order valence-electron chi connectivity index (χ4n) is 3.22. The lowest BCUT2D eigenvalue weighted by Crippen LogP contribution is -2.22. The molecule has 4 rings (SSSR count). The van der Waals surface area contributed by atoms with Gasteiger partial charge in [0.25, 0.3) is 5.91 Å². The van der Waals surface area contributed by atoms with Crippen LogP contribution in [-0.2, 0) is 6.54 Å². The molecule has 0 bridgehead atoms. The molecule has 3 aromatic carbocycles. The molecule has 1 heterocycles. The summed E-state index contributed by atoms with van der Waals surface area (Å²) in [6.07, 6.45) is 1.53. The number of benzene rings is 3. The van der Waals surface area contributed by atoms with Gasteiger partial charge in [-0.05, 0) is 42.8 Å². The first kappa shape index (κ1) is 21.1. The Hall–Kier alpha value is -4.19. The van der Waals surface area contributed by atoms with Crippen molar-refractivity contribution in [2.24, 2.45) is 0 Å². The van der Waals surface area contributed by atoms with Crippen molar-refractivity contribution < 1.29 is 9.53 Å². The highest BCUT2D eigenvalue weighted by Crippen LogP contribution is 2.22. The number of hydrogen-bond donors (Lipinski definition) is 2. The molecule has 0 fully saturated rings. The molecule has 0 aliphatic carbocycles. The Bertz CT molecular complexity index is 1210. The SMILES string of the molecule is COc1ccc(CNC(=O)c2cccc(Nc3cc(-c4ccc(C)cc4)ncn3)c2)cc1. The maximum Gasteiger partial charge on any atom is 0.251 e. The van der Waals surface area contributed by atoms with E-state index in [0.717, 1.165) is 28.3 Å². The lowest BCUT2D eigenvalue weighted by molar-refractivity contribution is 0.0951. The number of amides is 1. The molecule has 6 heteroatoms. The van der Waals surface area contributed by atoms with Gasteiger partial charge in [-0.3, -0.25) is 4.79 Å². The van der Waals surface area contributed by atoms with Gasteiger partial charge in [0.15, 0.2) is 0 Å². The average molecular weight is 425 g/mol. The number of methoxy groups -OCH3 is 1. The molecule has 32 heavy (non-hydrogen) atoms. The predicted octanol–water partition coefficient (Wildman–Crippen LogP) is 5.13. The number of nitrogens with one attached hydrogen (secondary N) is 2. The zero-order valence-corrected chi connectivity index (χ0v) is 18.0. The second-order valence-electron chi connectivity index (χ2n) is 7.39. The van der Waals surface area contributed by atoms with Crippen molar-refractivity contribution >= 4 is 17.4 Å². The lowest BCUT2D eigenvalue weighted by atomic mass is 10.1. The Labute approximate surface area is 187 Å². The van der Waals surface area contributed by atoms with Crippen molar-refractivity contribution in [1.29, 1.82) is 0 Å². The van der Waals surface area contributed by atoms with Gasteiger partial charge in [-0.25, -0.2) is 9.97 Å². The van der Waals surface area contributed by atoms with Crippen molar-refractivity contribution in [2.45, 2.75) is 13.5 Å². The van der Waals surface area contributed by atoms with Crippen LogP contribution < -0.4 is 15.4 Å². The molecule has 0 spiro atoms. The first-order chi connectivity index (χ1) is 15.6. The molecular weight excluding hydrogens is 400 g/mol. The van der Waals surface area contributed by atoms with Gasteiger partial charge in [0.2, 0.25) is 0 Å². The minimum atomic E-state index is -0.146. The van der Waals surface area contributed by atoms with E-state index in [0.29, 0.717) is 17.9 Å². The number of aromatic nitrogens is 2. The van der Waals surface area contributed by atoms with Crippen molar-refractivity contribution in [3.05, 3.63) is 102 Å². The van der Waals surface area contributed by atoms with Crippen LogP contribution in [0.5, 0.6) is 5.75 Å². The minimum absolute atomic E-state index is 0.146. The van der Waals surface area contributed by atoms with Crippen LogP contribution in [0, 0.1) is 6.92 Å². The molecule has 0 atom stereocenters. The van der Waals surface area contributed by atoms with Gasteiger partial charge in [0, 0.05) is 29.4 Å². The van der Waals surface area contributed by atoms with E-state index in [1.807, 2.05) is 54.6 Å². The molecule has 160 valence electrons. The van der Waals surface area contributed by atoms with Crippen LogP contribution in [0.1, 0.15) is 21.5 Å². The highest BCUT2D eigenvalue weighted by molar-refractivity contribution is 5.95. The molecule has 4 aromatic rings. The normalized spacial score (nSPS) is 10.4. The number of nitrogens with zero attached hydrogens (tertiary/aromatic N) is 2. The number of aryl methyl sites for hydroxylation is 1. The van der Waals surface area contributed by atoms with E-state index in [-0.39, 0.29) is 5.91 Å². The first-order valence-corrected chi connectivity index (χ1v) is 10.3. The van der Waals surface area contributed by atoms with E-state index in [1.165, 1.54) is 11.9 Å². The first-order valence-electron chi connectivity index (χ1n) is 10.3. The third-order valence-electron chi connectivity index (χ3n) is 5.02. The third-order valence-corrected chi connectivity index (χ3v) is 5.02. The number of rotatable bonds is 7. The highest BCUT2D eigenvalue weighted by Gasteiger charge is 2.08. The lowest BCUT2D eigenvalue weighted by Gasteiger charge is -2.10. The summed E-state index contributed by atoms with van der Waals surface area (Å²) in [5, 5.41) is 6.21. The summed E-state index contributed by atoms with van der Waals surface area (Å²) in [4.78, 5) is 21.3. The fourth-order valence-corrected chi connectivity index (χ4v) is 3.22. The number of hydrogen-bond acceptors (Lipinski definition) is 5. The summed E-state index contributed by atoms with van der Waals surface area (Å²) in [6.45, 7) is 2.49. The third kappa shape index (κ3) is 5.29. The Kier molecular flexibility index (Phi) is 6.41. The minimum Gasteiger partial charge on any atom is -0.497 e. The molecule has 0 saturated heterocycles. The van der Waals surface area contributed by atoms with Gasteiger partial charge < -0.3 is 15.4 Å². The zero-order valence-electron chi connectivity index (χ0n) is 18.0. The van der Waals surface area contributed by atoms with Gasteiger partial charge in [-0.15, -0.1) is 0 Å². The van der Waals surface area contributed by atoms with Crippen molar-refractivity contribution in [1.82, 2.24) is 15.3 Å². The van der Waals surface area contributed by atoms with E-state index in [1.54, 1.807) is 19.2 Å². The monoisotopic (exact) mass is 424 g/mol. The highest BCUT2D eigenvalue weighted by atomic mass is 16.5. The van der Waals surface area contributed by atoms with E-state index < -0.39 is 0 Å². The fraction of sp³-hybridized carbons (Fsp3) is 0.115. The molecule has 0 aliphatic heterocycles. The molecule has 0 radical (unpaired) electrons. The van der Waals surface area contributed by atoms with Crippen molar-refractivity contribution in [3.8, 4) is 17.0 Å². The van der Waals surface area contributed by atoms with Gasteiger partial charge in [-0.2, -0.15) is 0 Å². The number of carbonyl (C=O) groups is 1. The van der Waals surface area contributed by atoms with E-state index >= 15 is 0 Å². The van der Waals surface area contributed by atoms with Gasteiger partial charge in [-0.1, -0.05) is 48.0 Å². The van der Waals surface area contributed by atoms with Gasteiger partial charge >= 0.3 is 0 Å². The maximum atomic E-state index is 12.6. The van der Waals surface area contributed by atoms with Gasteiger partial charge in [0.05, 0.1) is 12.8 Å². The van der Waals surface area contributed by atoms with E-state index in [2.05, 4.69) is 39.7 Å². The van der Waals surface area contributed by atoms with Crippen LogP contribution in [0.25, 0.3) is 11.3 Å². The van der Waals surface area contributed by atoms with Crippen molar-refractivity contribution in [3.63, 3.8) is 0 Å². The zero-order chi connectivity index (χ0) is 22.3. The quantitative estimate of drug-likeness (QED) is 0.430. The maximum absolute atomic E-state index is 12.6. The van der Waals surface area contributed by atoms with Crippen molar-refractivity contribution in [2.75, 3.05) is 12.4 Å². The standard InChI is InChI=1S/C26H24N4O2/c1-18-6-10-20(11-7-18)24-15-25(29-17-28-24)30-22-5-3-4-21(14-22)26(31)27-16-19-8-12-23(32-2)13-9-19/h3-15,17H,16H2,1-2H3,(H,27,31)(H,28,29,30). The topological polar surface area (TPSA) is 76.1 Å². The van der Waals surface area contributed by atoms with Crippen LogP contribution in [-0.4, -0.2) is 23.0 Å². The number of anilines is 2. The number of ether oxygens (including phenoxy) is 1. The Morgan fingerprint density at radius 1 is 0.938 bits per heavy atom.